The second kappa shape index (κ2) is 15.8. The van der Waals surface area contributed by atoms with Crippen LogP contribution in [-0.4, -0.2) is 71.5 Å². The minimum absolute atomic E-state index is 0.164. The number of nitrogens with zero attached hydrogens (tertiary/aromatic N) is 1. The Morgan fingerprint density at radius 1 is 0.793 bits per heavy atom. The molecule has 0 aromatic carbocycles. The van der Waals surface area contributed by atoms with Crippen molar-refractivity contribution in [2.45, 2.75) is 103 Å². The van der Waals surface area contributed by atoms with Crippen LogP contribution in [0.25, 0.3) is 0 Å². The summed E-state index contributed by atoms with van der Waals surface area (Å²) in [6.45, 7) is 2.39. The van der Waals surface area contributed by atoms with Crippen LogP contribution < -0.4 is 0 Å². The second-order valence-electron chi connectivity index (χ2n) is 9.50. The first-order valence-electron chi connectivity index (χ1n) is 11.5. The highest BCUT2D eigenvalue weighted by Gasteiger charge is 2.37. The molecule has 29 heavy (non-hydrogen) atoms. The first kappa shape index (κ1) is 28.0. The van der Waals surface area contributed by atoms with Crippen LogP contribution in [0.5, 0.6) is 0 Å². The number of carboxylic acids is 1. The molecule has 0 bridgehead atoms. The van der Waals surface area contributed by atoms with Gasteiger partial charge in [-0.2, -0.15) is 0 Å². The molecule has 6 nitrogen and oxygen atoms in total. The van der Waals surface area contributed by atoms with E-state index < -0.39 is 29.9 Å². The largest absolute Gasteiger partial charge is 0.481 e. The van der Waals surface area contributed by atoms with E-state index >= 15 is 0 Å². The van der Waals surface area contributed by atoms with E-state index in [-0.39, 0.29) is 13.0 Å². The SMILES string of the molecule is CCCCCCCCCCCCCC(O)CC(=O)C(C(=O)O)C(O)C[N+](C)(C)C. The highest BCUT2D eigenvalue weighted by Crippen LogP contribution is 2.17. The molecule has 3 atom stereocenters. The summed E-state index contributed by atoms with van der Waals surface area (Å²) in [5.41, 5.74) is 0. The standard InChI is InChI=1S/C23H45NO5/c1-5-6-7-8-9-10-11-12-13-14-15-16-19(25)17-20(26)22(23(28)29)21(27)18-24(2,3)4/h19,21-22,25,27H,5-18H2,1-4H3/p+1. The normalized spacial score (nSPS) is 15.1. The van der Waals surface area contributed by atoms with Crippen molar-refractivity contribution >= 4 is 11.8 Å². The Balaban J connectivity index is 3.98. The highest BCUT2D eigenvalue weighted by atomic mass is 16.4. The van der Waals surface area contributed by atoms with Gasteiger partial charge < -0.3 is 19.8 Å². The first-order chi connectivity index (χ1) is 13.6. The summed E-state index contributed by atoms with van der Waals surface area (Å²) in [5, 5.41) is 29.6. The summed E-state index contributed by atoms with van der Waals surface area (Å²) in [6.07, 6.45) is 11.6. The molecule has 0 amide bonds. The fourth-order valence-electron chi connectivity index (χ4n) is 3.69. The van der Waals surface area contributed by atoms with Crippen LogP contribution in [0.2, 0.25) is 0 Å². The Kier molecular flexibility index (Phi) is 15.3. The van der Waals surface area contributed by atoms with Crippen molar-refractivity contribution in [2.75, 3.05) is 27.7 Å². The van der Waals surface area contributed by atoms with Gasteiger partial charge in [-0.25, -0.2) is 0 Å². The number of ketones is 1. The van der Waals surface area contributed by atoms with Gasteiger partial charge in [-0.3, -0.25) is 9.59 Å². The number of aliphatic hydroxyl groups excluding tert-OH is 2. The molecule has 0 saturated heterocycles. The molecule has 0 radical (unpaired) electrons. The van der Waals surface area contributed by atoms with Crippen LogP contribution in [0.4, 0.5) is 0 Å². The molecule has 0 aromatic rings. The van der Waals surface area contributed by atoms with Crippen molar-refractivity contribution in [2.24, 2.45) is 5.92 Å². The molecule has 172 valence electrons. The number of likely N-dealkylation sites (N-methyl/N-ethyl adjacent to an activating group) is 1. The molecular formula is C23H46NO5+. The quantitative estimate of drug-likeness (QED) is 0.169. The monoisotopic (exact) mass is 416 g/mol. The van der Waals surface area contributed by atoms with Gasteiger partial charge in [-0.1, -0.05) is 77.6 Å². The first-order valence-corrected chi connectivity index (χ1v) is 11.5. The number of quaternary nitrogens is 1. The molecule has 0 rings (SSSR count). The van der Waals surface area contributed by atoms with E-state index in [4.69, 9.17) is 0 Å². The smallest absolute Gasteiger partial charge is 0.316 e. The average Bonchev–Trinajstić information content (AvgIpc) is 2.57. The van der Waals surface area contributed by atoms with Gasteiger partial charge in [0.05, 0.1) is 27.2 Å². The molecule has 6 heteroatoms. The minimum atomic E-state index is -1.47. The third-order valence-electron chi connectivity index (χ3n) is 5.31. The maximum Gasteiger partial charge on any atom is 0.316 e. The van der Waals surface area contributed by atoms with Crippen LogP contribution in [0.3, 0.4) is 0 Å². The summed E-state index contributed by atoms with van der Waals surface area (Å²) >= 11 is 0. The van der Waals surface area contributed by atoms with E-state index in [1.165, 1.54) is 51.4 Å². The molecule has 0 aliphatic rings. The maximum absolute atomic E-state index is 12.3. The fourth-order valence-corrected chi connectivity index (χ4v) is 3.69. The predicted octanol–water partition coefficient (Wildman–Crippen LogP) is 3.78. The Hall–Kier alpha value is -0.980. The van der Waals surface area contributed by atoms with Gasteiger partial charge in [-0.15, -0.1) is 0 Å². The summed E-state index contributed by atoms with van der Waals surface area (Å²) < 4.78 is 0.361. The van der Waals surface area contributed by atoms with E-state index in [1.807, 2.05) is 21.1 Å². The summed E-state index contributed by atoms with van der Waals surface area (Å²) in [7, 11) is 5.48. The lowest BCUT2D eigenvalue weighted by Crippen LogP contribution is -2.48. The van der Waals surface area contributed by atoms with E-state index in [0.29, 0.717) is 10.9 Å². The average molecular weight is 417 g/mol. The Labute approximate surface area is 177 Å². The minimum Gasteiger partial charge on any atom is -0.481 e. The van der Waals surface area contributed by atoms with Crippen molar-refractivity contribution in [1.82, 2.24) is 0 Å². The number of hydrogen-bond donors (Lipinski definition) is 3. The van der Waals surface area contributed by atoms with Crippen LogP contribution >= 0.6 is 0 Å². The van der Waals surface area contributed by atoms with Crippen molar-refractivity contribution in [1.29, 1.82) is 0 Å². The molecule has 0 aliphatic carbocycles. The van der Waals surface area contributed by atoms with Crippen molar-refractivity contribution in [3.05, 3.63) is 0 Å². The van der Waals surface area contributed by atoms with Crippen LogP contribution in [-0.2, 0) is 9.59 Å². The number of Topliss-reactive ketones (excluding diaryl/α,β-unsaturated/α-hetero) is 1. The van der Waals surface area contributed by atoms with E-state index in [9.17, 15) is 24.9 Å². The second-order valence-corrected chi connectivity index (χ2v) is 9.50. The van der Waals surface area contributed by atoms with Crippen LogP contribution in [0.1, 0.15) is 90.4 Å². The van der Waals surface area contributed by atoms with Gasteiger partial charge in [0, 0.05) is 6.42 Å². The van der Waals surface area contributed by atoms with Gasteiger partial charge in [0.2, 0.25) is 0 Å². The number of carbonyl (C=O) groups excluding carboxylic acids is 1. The van der Waals surface area contributed by atoms with Crippen molar-refractivity contribution in [3.8, 4) is 0 Å². The molecule has 3 N–H and O–H groups in total. The van der Waals surface area contributed by atoms with E-state index in [1.54, 1.807) is 0 Å². The van der Waals surface area contributed by atoms with Crippen molar-refractivity contribution in [3.63, 3.8) is 0 Å². The van der Waals surface area contributed by atoms with Gasteiger partial charge in [-0.05, 0) is 6.42 Å². The number of carbonyl (C=O) groups is 2. The lowest BCUT2D eigenvalue weighted by molar-refractivity contribution is -0.873. The summed E-state index contributed by atoms with van der Waals surface area (Å²) in [5.74, 6) is -3.38. The van der Waals surface area contributed by atoms with Gasteiger partial charge in [0.25, 0.3) is 0 Å². The van der Waals surface area contributed by atoms with Crippen LogP contribution in [0.15, 0.2) is 0 Å². The molecule has 0 saturated carbocycles. The molecular weight excluding hydrogens is 370 g/mol. The summed E-state index contributed by atoms with van der Waals surface area (Å²) in [4.78, 5) is 23.8. The lowest BCUT2D eigenvalue weighted by Gasteiger charge is -2.29. The van der Waals surface area contributed by atoms with E-state index in [2.05, 4.69) is 6.92 Å². The van der Waals surface area contributed by atoms with Crippen LogP contribution in [0, 0.1) is 5.92 Å². The number of aliphatic hydroxyl groups is 2. The number of hydrogen-bond acceptors (Lipinski definition) is 4. The third kappa shape index (κ3) is 15.5. The van der Waals surface area contributed by atoms with Crippen molar-refractivity contribution < 1.29 is 29.4 Å². The predicted molar refractivity (Wildman–Crippen MR) is 117 cm³/mol. The molecule has 3 unspecified atom stereocenters. The molecule has 0 spiro atoms. The van der Waals surface area contributed by atoms with Gasteiger partial charge in [0.1, 0.15) is 18.6 Å². The number of rotatable bonds is 19. The number of aliphatic carboxylic acids is 1. The molecule has 0 aliphatic heterocycles. The third-order valence-corrected chi connectivity index (χ3v) is 5.31. The Morgan fingerprint density at radius 3 is 1.66 bits per heavy atom. The maximum atomic E-state index is 12.3. The molecule has 0 aromatic heterocycles. The lowest BCUT2D eigenvalue weighted by atomic mass is 9.92. The zero-order valence-corrected chi connectivity index (χ0v) is 19.2. The van der Waals surface area contributed by atoms with Gasteiger partial charge >= 0.3 is 5.97 Å². The Bertz CT molecular complexity index is 447. The molecule has 0 heterocycles. The summed E-state index contributed by atoms with van der Waals surface area (Å²) in [6, 6.07) is 0. The molecule has 0 fully saturated rings. The topological polar surface area (TPSA) is 94.8 Å². The highest BCUT2D eigenvalue weighted by molar-refractivity contribution is 5.99. The Morgan fingerprint density at radius 2 is 1.24 bits per heavy atom. The van der Waals surface area contributed by atoms with E-state index in [0.717, 1.165) is 19.3 Å². The number of carboxylic acid groups (broad SMARTS) is 1. The zero-order valence-electron chi connectivity index (χ0n) is 19.2. The zero-order chi connectivity index (χ0) is 22.3. The fraction of sp³-hybridized carbons (Fsp3) is 0.913. The van der Waals surface area contributed by atoms with Gasteiger partial charge in [0.15, 0.2) is 5.78 Å². The number of unbranched alkanes of at least 4 members (excludes halogenated alkanes) is 10.